The van der Waals surface area contributed by atoms with Gasteiger partial charge >= 0.3 is 0 Å². The Hall–Kier alpha value is -1.20. The Bertz CT molecular complexity index is 655. The molecule has 0 bridgehead atoms. The highest BCUT2D eigenvalue weighted by molar-refractivity contribution is 6.99. The van der Waals surface area contributed by atoms with Crippen LogP contribution < -0.4 is 10.4 Å². The number of benzene rings is 2. The van der Waals surface area contributed by atoms with Crippen molar-refractivity contribution in [3.63, 3.8) is 0 Å². The first kappa shape index (κ1) is 19.6. The van der Waals surface area contributed by atoms with Crippen LogP contribution in [0.15, 0.2) is 60.7 Å². The van der Waals surface area contributed by atoms with Crippen molar-refractivity contribution in [2.75, 3.05) is 6.61 Å². The molecule has 1 fully saturated rings. The molecule has 2 nitrogen and oxygen atoms in total. The Morgan fingerprint density at radius 2 is 1.54 bits per heavy atom. The number of alkyl halides is 2. The SMILES string of the molecule is CC(C)(C)[Si](OC[C@@H]1CC(F)[C@@H](Cl)O1)(c1ccccc1)c1ccccc1. The Balaban J connectivity index is 2.00. The van der Waals surface area contributed by atoms with Gasteiger partial charge < -0.3 is 9.16 Å². The molecule has 0 amide bonds. The Labute approximate surface area is 161 Å². The molecule has 0 radical (unpaired) electrons. The zero-order valence-corrected chi connectivity index (χ0v) is 17.2. The molecule has 140 valence electrons. The fraction of sp³-hybridized carbons (Fsp3) is 0.429. The smallest absolute Gasteiger partial charge is 0.261 e. The quantitative estimate of drug-likeness (QED) is 0.559. The number of ether oxygens (including phenoxy) is 1. The Morgan fingerprint density at radius 3 is 1.92 bits per heavy atom. The first-order valence-electron chi connectivity index (χ1n) is 9.03. The maximum Gasteiger partial charge on any atom is 0.261 e. The van der Waals surface area contributed by atoms with E-state index in [1.165, 1.54) is 10.4 Å². The van der Waals surface area contributed by atoms with Crippen LogP contribution in [0.5, 0.6) is 0 Å². The van der Waals surface area contributed by atoms with Gasteiger partial charge in [-0.3, -0.25) is 0 Å². The van der Waals surface area contributed by atoms with Gasteiger partial charge in [-0.15, -0.1) is 0 Å². The standard InChI is InChI=1S/C21H26ClFO2Si/c1-21(2,3)26(17-10-6-4-7-11-17,18-12-8-5-9-13-18)24-15-16-14-19(23)20(22)25-16/h4-13,16,19-20H,14-15H2,1-3H3/t16-,19?,20-/m0/s1. The van der Waals surface area contributed by atoms with Crippen molar-refractivity contribution < 1.29 is 13.6 Å². The Morgan fingerprint density at radius 1 is 1.04 bits per heavy atom. The number of halogens is 2. The minimum atomic E-state index is -2.61. The highest BCUT2D eigenvalue weighted by Gasteiger charge is 2.51. The van der Waals surface area contributed by atoms with Gasteiger partial charge in [-0.05, 0) is 15.4 Å². The van der Waals surface area contributed by atoms with Crippen molar-refractivity contribution in [3.8, 4) is 0 Å². The molecule has 1 aliphatic rings. The normalized spacial score (nSPS) is 24.0. The first-order valence-corrected chi connectivity index (χ1v) is 11.4. The molecule has 26 heavy (non-hydrogen) atoms. The van der Waals surface area contributed by atoms with Gasteiger partial charge in [0.05, 0.1) is 12.7 Å². The lowest BCUT2D eigenvalue weighted by Gasteiger charge is -2.43. The van der Waals surface area contributed by atoms with Gasteiger partial charge in [-0.1, -0.05) is 93.0 Å². The molecule has 1 saturated heterocycles. The fourth-order valence-corrected chi connectivity index (χ4v) is 8.61. The lowest BCUT2D eigenvalue weighted by atomic mass is 10.2. The molecular weight excluding hydrogens is 367 g/mol. The van der Waals surface area contributed by atoms with E-state index in [1.807, 2.05) is 36.4 Å². The maximum atomic E-state index is 13.8. The molecule has 3 rings (SSSR count). The average molecular weight is 393 g/mol. The molecule has 0 N–H and O–H groups in total. The van der Waals surface area contributed by atoms with E-state index in [-0.39, 0.29) is 17.6 Å². The summed E-state index contributed by atoms with van der Waals surface area (Å²) < 4.78 is 26.0. The van der Waals surface area contributed by atoms with E-state index in [0.29, 0.717) is 6.61 Å². The van der Waals surface area contributed by atoms with Gasteiger partial charge in [-0.25, -0.2) is 4.39 Å². The lowest BCUT2D eigenvalue weighted by molar-refractivity contribution is 0.0428. The van der Waals surface area contributed by atoms with Gasteiger partial charge in [0.1, 0.15) is 6.17 Å². The molecule has 1 aliphatic heterocycles. The van der Waals surface area contributed by atoms with Crippen LogP contribution in [0.4, 0.5) is 4.39 Å². The van der Waals surface area contributed by atoms with Crippen LogP contribution in [-0.2, 0) is 9.16 Å². The summed E-state index contributed by atoms with van der Waals surface area (Å²) in [4.78, 5) is 0. The molecule has 1 unspecified atom stereocenters. The van der Waals surface area contributed by atoms with Gasteiger partial charge in [-0.2, -0.15) is 0 Å². The van der Waals surface area contributed by atoms with E-state index in [1.54, 1.807) is 0 Å². The summed E-state index contributed by atoms with van der Waals surface area (Å²) in [6.45, 7) is 7.00. The molecule has 0 aromatic heterocycles. The number of rotatable bonds is 5. The third-order valence-electron chi connectivity index (χ3n) is 5.00. The van der Waals surface area contributed by atoms with Crippen LogP contribution in [0.2, 0.25) is 5.04 Å². The number of hydrogen-bond donors (Lipinski definition) is 0. The van der Waals surface area contributed by atoms with E-state index in [2.05, 4.69) is 45.0 Å². The topological polar surface area (TPSA) is 18.5 Å². The molecular formula is C21H26ClFO2Si. The van der Waals surface area contributed by atoms with Crippen LogP contribution in [0.25, 0.3) is 0 Å². The van der Waals surface area contributed by atoms with Gasteiger partial charge in [0, 0.05) is 6.42 Å². The van der Waals surface area contributed by atoms with E-state index in [0.717, 1.165) is 0 Å². The molecule has 2 aromatic rings. The predicted molar refractivity (Wildman–Crippen MR) is 108 cm³/mol. The Kier molecular flexibility index (Phi) is 5.87. The van der Waals surface area contributed by atoms with E-state index in [4.69, 9.17) is 20.8 Å². The maximum absolute atomic E-state index is 13.8. The minimum Gasteiger partial charge on any atom is -0.405 e. The second-order valence-corrected chi connectivity index (χ2v) is 12.6. The van der Waals surface area contributed by atoms with Crippen molar-refractivity contribution in [2.24, 2.45) is 0 Å². The van der Waals surface area contributed by atoms with Crippen LogP contribution in [0, 0.1) is 0 Å². The molecule has 2 aromatic carbocycles. The summed E-state index contributed by atoms with van der Waals surface area (Å²) in [6.07, 6.45) is -1.16. The second kappa shape index (κ2) is 7.81. The van der Waals surface area contributed by atoms with Gasteiger partial charge in [0.25, 0.3) is 8.32 Å². The second-order valence-electron chi connectivity index (χ2n) is 7.84. The first-order chi connectivity index (χ1) is 12.3. The fourth-order valence-electron chi connectivity index (χ4n) is 3.77. The van der Waals surface area contributed by atoms with Crippen molar-refractivity contribution in [1.82, 2.24) is 0 Å². The average Bonchev–Trinajstić information content (AvgIpc) is 2.94. The summed E-state index contributed by atoms with van der Waals surface area (Å²) >= 11 is 5.89. The molecule has 5 heteroatoms. The van der Waals surface area contributed by atoms with E-state index < -0.39 is 20.1 Å². The van der Waals surface area contributed by atoms with Crippen molar-refractivity contribution in [1.29, 1.82) is 0 Å². The monoisotopic (exact) mass is 392 g/mol. The van der Waals surface area contributed by atoms with E-state index in [9.17, 15) is 4.39 Å². The van der Waals surface area contributed by atoms with Crippen LogP contribution in [0.3, 0.4) is 0 Å². The summed E-state index contributed by atoms with van der Waals surface area (Å²) in [5.74, 6) is 0. The predicted octanol–water partition coefficient (Wildman–Crippen LogP) is 4.25. The molecule has 0 aliphatic carbocycles. The van der Waals surface area contributed by atoms with Crippen molar-refractivity contribution in [3.05, 3.63) is 60.7 Å². The van der Waals surface area contributed by atoms with Crippen molar-refractivity contribution >= 4 is 30.3 Å². The van der Waals surface area contributed by atoms with Gasteiger partial charge in [0.2, 0.25) is 0 Å². The minimum absolute atomic E-state index is 0.107. The summed E-state index contributed by atoms with van der Waals surface area (Å²) in [5.41, 5.74) is -0.872. The largest absolute Gasteiger partial charge is 0.405 e. The van der Waals surface area contributed by atoms with Crippen LogP contribution in [0.1, 0.15) is 27.2 Å². The lowest BCUT2D eigenvalue weighted by Crippen LogP contribution is -2.67. The third-order valence-corrected chi connectivity index (χ3v) is 10.4. The highest BCUT2D eigenvalue weighted by atomic mass is 35.5. The van der Waals surface area contributed by atoms with Crippen LogP contribution in [-0.4, -0.2) is 32.8 Å². The highest BCUT2D eigenvalue weighted by Crippen LogP contribution is 2.37. The summed E-state index contributed by atoms with van der Waals surface area (Å²) in [5, 5.41) is 2.30. The van der Waals surface area contributed by atoms with E-state index >= 15 is 0 Å². The summed E-state index contributed by atoms with van der Waals surface area (Å²) in [7, 11) is -2.61. The number of hydrogen-bond acceptors (Lipinski definition) is 2. The molecule has 0 spiro atoms. The van der Waals surface area contributed by atoms with Gasteiger partial charge in [0.15, 0.2) is 5.56 Å². The third kappa shape index (κ3) is 3.74. The summed E-state index contributed by atoms with van der Waals surface area (Å²) in [6, 6.07) is 20.8. The van der Waals surface area contributed by atoms with Crippen molar-refractivity contribution in [2.45, 2.75) is 50.1 Å². The molecule has 1 heterocycles. The zero-order chi connectivity index (χ0) is 18.8. The zero-order valence-electron chi connectivity index (χ0n) is 15.5. The molecule has 0 saturated carbocycles. The van der Waals surface area contributed by atoms with Crippen LogP contribution >= 0.6 is 11.6 Å². The molecule has 3 atom stereocenters.